The van der Waals surface area contributed by atoms with Crippen molar-refractivity contribution in [2.24, 2.45) is 7.05 Å². The number of carbonyl (C=O) groups is 1. The number of nitrogens with one attached hydrogen (secondary N) is 2. The van der Waals surface area contributed by atoms with Crippen molar-refractivity contribution in [3.8, 4) is 17.1 Å². The van der Waals surface area contributed by atoms with Crippen LogP contribution < -0.4 is 21.1 Å². The van der Waals surface area contributed by atoms with Crippen LogP contribution in [0, 0.1) is 6.92 Å². The molecule has 0 radical (unpaired) electrons. The lowest BCUT2D eigenvalue weighted by Crippen LogP contribution is -2.34. The Bertz CT molecular complexity index is 1020. The van der Waals surface area contributed by atoms with E-state index in [-0.39, 0.29) is 24.8 Å². The second kappa shape index (κ2) is 8.43. The lowest BCUT2D eigenvalue weighted by atomic mass is 10.2. The standard InChI is InChI=1S/C20H23N5O3/c1-14-5-4-6-16(13-14)22-19(26)21-11-12-25-20(27)24(2)18(23-25)15-7-9-17(28-3)10-8-15/h4-10,13H,11-12H2,1-3H3,(H2,21,22,26). The van der Waals surface area contributed by atoms with Crippen molar-refractivity contribution in [2.45, 2.75) is 13.5 Å². The highest BCUT2D eigenvalue weighted by atomic mass is 16.5. The Morgan fingerprint density at radius 3 is 2.61 bits per heavy atom. The zero-order valence-corrected chi connectivity index (χ0v) is 16.1. The molecule has 3 rings (SSSR count). The van der Waals surface area contributed by atoms with Crippen molar-refractivity contribution in [3.05, 3.63) is 64.6 Å². The molecule has 0 aliphatic rings. The highest BCUT2D eigenvalue weighted by molar-refractivity contribution is 5.89. The second-order valence-corrected chi connectivity index (χ2v) is 6.37. The Morgan fingerprint density at radius 1 is 1.18 bits per heavy atom. The zero-order chi connectivity index (χ0) is 20.1. The molecule has 0 saturated heterocycles. The number of hydrogen-bond acceptors (Lipinski definition) is 4. The first-order valence-electron chi connectivity index (χ1n) is 8.87. The van der Waals surface area contributed by atoms with Crippen LogP contribution in [0.2, 0.25) is 0 Å². The Hall–Kier alpha value is -3.55. The fraction of sp³-hybridized carbons (Fsp3) is 0.250. The Morgan fingerprint density at radius 2 is 1.93 bits per heavy atom. The maximum Gasteiger partial charge on any atom is 0.345 e. The second-order valence-electron chi connectivity index (χ2n) is 6.37. The normalized spacial score (nSPS) is 10.5. The number of nitrogens with zero attached hydrogens (tertiary/aromatic N) is 3. The number of methoxy groups -OCH3 is 1. The van der Waals surface area contributed by atoms with Gasteiger partial charge in [-0.15, -0.1) is 5.10 Å². The van der Waals surface area contributed by atoms with Crippen LogP contribution in [0.4, 0.5) is 10.5 Å². The summed E-state index contributed by atoms with van der Waals surface area (Å²) in [4.78, 5) is 24.4. The summed E-state index contributed by atoms with van der Waals surface area (Å²) in [6.45, 7) is 2.50. The summed E-state index contributed by atoms with van der Waals surface area (Å²) in [5.41, 5.74) is 2.34. The summed E-state index contributed by atoms with van der Waals surface area (Å²) in [6, 6.07) is 14.5. The van der Waals surface area contributed by atoms with Gasteiger partial charge in [0.1, 0.15) is 5.75 Å². The molecular weight excluding hydrogens is 358 g/mol. The number of ether oxygens (including phenoxy) is 1. The predicted octanol–water partition coefficient (Wildman–Crippen LogP) is 2.39. The van der Waals surface area contributed by atoms with Crippen LogP contribution in [0.1, 0.15) is 5.56 Å². The molecule has 0 fully saturated rings. The maximum absolute atomic E-state index is 12.4. The first kappa shape index (κ1) is 19.2. The van der Waals surface area contributed by atoms with Gasteiger partial charge in [0.2, 0.25) is 0 Å². The largest absolute Gasteiger partial charge is 0.497 e. The fourth-order valence-corrected chi connectivity index (χ4v) is 2.80. The van der Waals surface area contributed by atoms with E-state index in [9.17, 15) is 9.59 Å². The smallest absolute Gasteiger partial charge is 0.345 e. The van der Waals surface area contributed by atoms with E-state index in [0.29, 0.717) is 11.5 Å². The minimum atomic E-state index is -0.329. The number of aromatic nitrogens is 3. The van der Waals surface area contributed by atoms with Gasteiger partial charge in [0.05, 0.1) is 13.7 Å². The quantitative estimate of drug-likeness (QED) is 0.686. The average Bonchev–Trinajstić information content (AvgIpc) is 2.97. The van der Waals surface area contributed by atoms with Crippen LogP contribution in [-0.2, 0) is 13.6 Å². The summed E-state index contributed by atoms with van der Waals surface area (Å²) < 4.78 is 7.97. The third-order valence-electron chi connectivity index (χ3n) is 4.27. The molecule has 0 aliphatic heterocycles. The number of benzene rings is 2. The van der Waals surface area contributed by atoms with Gasteiger partial charge in [0.25, 0.3) is 0 Å². The van der Waals surface area contributed by atoms with Gasteiger partial charge < -0.3 is 15.4 Å². The molecule has 0 saturated carbocycles. The Balaban J connectivity index is 1.61. The van der Waals surface area contributed by atoms with Crippen LogP contribution in [0.3, 0.4) is 0 Å². The van der Waals surface area contributed by atoms with Crippen LogP contribution in [0.25, 0.3) is 11.4 Å². The van der Waals surface area contributed by atoms with E-state index in [1.807, 2.05) is 55.5 Å². The van der Waals surface area contributed by atoms with E-state index in [1.165, 1.54) is 9.25 Å². The number of carbonyl (C=O) groups excluding carboxylic acids is 1. The molecule has 0 bridgehead atoms. The highest BCUT2D eigenvalue weighted by Gasteiger charge is 2.12. The van der Waals surface area contributed by atoms with Gasteiger partial charge in [-0.2, -0.15) is 0 Å². The molecule has 0 spiro atoms. The predicted molar refractivity (Wildman–Crippen MR) is 108 cm³/mol. The van der Waals surface area contributed by atoms with E-state index in [2.05, 4.69) is 15.7 Å². The van der Waals surface area contributed by atoms with Crippen molar-refractivity contribution in [3.63, 3.8) is 0 Å². The van der Waals surface area contributed by atoms with Gasteiger partial charge in [-0.3, -0.25) is 4.57 Å². The maximum atomic E-state index is 12.4. The van der Waals surface area contributed by atoms with E-state index in [0.717, 1.165) is 16.9 Å². The molecule has 8 nitrogen and oxygen atoms in total. The minimum absolute atomic E-state index is 0.244. The van der Waals surface area contributed by atoms with Gasteiger partial charge in [-0.25, -0.2) is 14.3 Å². The first-order valence-corrected chi connectivity index (χ1v) is 8.87. The Kier molecular flexibility index (Phi) is 5.78. The van der Waals surface area contributed by atoms with Gasteiger partial charge in [0, 0.05) is 24.8 Å². The molecule has 1 aromatic heterocycles. The fourth-order valence-electron chi connectivity index (χ4n) is 2.80. The third kappa shape index (κ3) is 4.40. The molecule has 2 N–H and O–H groups in total. The summed E-state index contributed by atoms with van der Waals surface area (Å²) in [5, 5.41) is 9.88. The molecule has 0 atom stereocenters. The van der Waals surface area contributed by atoms with Gasteiger partial charge in [0.15, 0.2) is 5.82 Å². The van der Waals surface area contributed by atoms with Gasteiger partial charge >= 0.3 is 11.7 Å². The topological polar surface area (TPSA) is 90.2 Å². The molecule has 0 unspecified atom stereocenters. The average molecular weight is 381 g/mol. The first-order chi connectivity index (χ1) is 13.5. The minimum Gasteiger partial charge on any atom is -0.497 e. The molecule has 28 heavy (non-hydrogen) atoms. The van der Waals surface area contributed by atoms with Crippen LogP contribution >= 0.6 is 0 Å². The van der Waals surface area contributed by atoms with E-state index in [1.54, 1.807) is 14.2 Å². The number of rotatable bonds is 6. The molecule has 0 aliphatic carbocycles. The van der Waals surface area contributed by atoms with Gasteiger partial charge in [-0.05, 0) is 48.9 Å². The molecular formula is C20H23N5O3. The number of hydrogen-bond donors (Lipinski definition) is 2. The van der Waals surface area contributed by atoms with E-state index < -0.39 is 0 Å². The molecule has 2 amide bonds. The number of urea groups is 1. The van der Waals surface area contributed by atoms with Crippen LogP contribution in [-0.4, -0.2) is 34.0 Å². The molecule has 3 aromatic rings. The summed E-state index contributed by atoms with van der Waals surface area (Å²) in [6.07, 6.45) is 0. The molecule has 1 heterocycles. The highest BCUT2D eigenvalue weighted by Crippen LogP contribution is 2.19. The van der Waals surface area contributed by atoms with Crippen molar-refractivity contribution >= 4 is 11.7 Å². The number of amides is 2. The third-order valence-corrected chi connectivity index (χ3v) is 4.27. The van der Waals surface area contributed by atoms with Crippen LogP contribution in [0.5, 0.6) is 5.75 Å². The Labute approximate surface area is 162 Å². The lowest BCUT2D eigenvalue weighted by Gasteiger charge is -2.07. The molecule has 8 heteroatoms. The van der Waals surface area contributed by atoms with Crippen LogP contribution in [0.15, 0.2) is 53.3 Å². The summed E-state index contributed by atoms with van der Waals surface area (Å²) >= 11 is 0. The monoisotopic (exact) mass is 381 g/mol. The van der Waals surface area contributed by atoms with Crippen molar-refractivity contribution in [1.82, 2.24) is 19.7 Å². The van der Waals surface area contributed by atoms with Gasteiger partial charge in [-0.1, -0.05) is 12.1 Å². The number of aryl methyl sites for hydroxylation is 1. The molecule has 2 aromatic carbocycles. The van der Waals surface area contributed by atoms with Crippen molar-refractivity contribution in [2.75, 3.05) is 19.0 Å². The summed E-state index contributed by atoms with van der Waals surface area (Å²) in [7, 11) is 3.27. The van der Waals surface area contributed by atoms with E-state index >= 15 is 0 Å². The zero-order valence-electron chi connectivity index (χ0n) is 16.1. The SMILES string of the molecule is COc1ccc(-c2nn(CCNC(=O)Nc3cccc(C)c3)c(=O)n2C)cc1. The van der Waals surface area contributed by atoms with E-state index in [4.69, 9.17) is 4.74 Å². The lowest BCUT2D eigenvalue weighted by molar-refractivity contribution is 0.251. The van der Waals surface area contributed by atoms with Crippen molar-refractivity contribution in [1.29, 1.82) is 0 Å². The van der Waals surface area contributed by atoms with Crippen molar-refractivity contribution < 1.29 is 9.53 Å². The number of anilines is 1. The summed E-state index contributed by atoms with van der Waals surface area (Å²) in [5.74, 6) is 1.29. The molecule has 146 valence electrons.